The van der Waals surface area contributed by atoms with Crippen LogP contribution < -0.4 is 0 Å². The molecular weight excluding hydrogens is 346 g/mol. The van der Waals surface area contributed by atoms with E-state index in [1.165, 1.54) is 56.9 Å². The van der Waals surface area contributed by atoms with Gasteiger partial charge in [-0.2, -0.15) is 0 Å². The lowest BCUT2D eigenvalue weighted by molar-refractivity contribution is 0.0390. The Kier molecular flexibility index (Phi) is 6.32. The molecule has 2 aliphatic rings. The number of aromatic nitrogens is 1. The maximum atomic E-state index is 6.71. The van der Waals surface area contributed by atoms with Gasteiger partial charge in [-0.15, -0.1) is 0 Å². The van der Waals surface area contributed by atoms with Crippen LogP contribution in [0.2, 0.25) is 18.1 Å². The summed E-state index contributed by atoms with van der Waals surface area (Å²) < 4.78 is 6.71. The van der Waals surface area contributed by atoms with Crippen molar-refractivity contribution >= 4 is 14.4 Å². The Morgan fingerprint density at radius 2 is 1.70 bits per heavy atom. The molecule has 150 valence electrons. The third-order valence-electron chi connectivity index (χ3n) is 7.60. The first-order valence-corrected chi connectivity index (χ1v) is 13.9. The molecule has 1 aromatic heterocycles. The second-order valence-corrected chi connectivity index (χ2v) is 15.3. The zero-order chi connectivity index (χ0) is 19.5. The van der Waals surface area contributed by atoms with Gasteiger partial charge in [0.05, 0.1) is 0 Å². The van der Waals surface area contributed by atoms with Crippen LogP contribution in [0.15, 0.2) is 30.6 Å². The maximum absolute atomic E-state index is 6.71. The molecule has 0 N–H and O–H groups in total. The van der Waals surface area contributed by atoms with Crippen molar-refractivity contribution in [1.29, 1.82) is 0 Å². The van der Waals surface area contributed by atoms with Gasteiger partial charge in [0.1, 0.15) is 0 Å². The van der Waals surface area contributed by atoms with Gasteiger partial charge in [-0.3, -0.25) is 4.98 Å². The molecule has 3 rings (SSSR count). The minimum atomic E-state index is -1.62. The first-order chi connectivity index (χ1) is 12.7. The second-order valence-electron chi connectivity index (χ2n) is 10.6. The van der Waals surface area contributed by atoms with Gasteiger partial charge in [-0.25, -0.2) is 0 Å². The minimum Gasteiger partial charge on any atom is -0.414 e. The van der Waals surface area contributed by atoms with Crippen molar-refractivity contribution in [2.75, 3.05) is 0 Å². The standard InChI is InChI=1S/C24H39NOSi/c1-23(2,3)27(4,5)26-22-12-16-24(17-13-22)14-10-20(11-15-24)8-9-21-7-6-18-25-19-21/h6-9,18-20,22H,10-17H2,1-5H3/b9-8+. The highest BCUT2D eigenvalue weighted by molar-refractivity contribution is 6.74. The van der Waals surface area contributed by atoms with Gasteiger partial charge in [0.25, 0.3) is 0 Å². The third-order valence-corrected chi connectivity index (χ3v) is 12.1. The molecule has 0 radical (unpaired) electrons. The highest BCUT2D eigenvalue weighted by Crippen LogP contribution is 2.50. The summed E-state index contributed by atoms with van der Waals surface area (Å²) in [5.41, 5.74) is 1.84. The molecule has 0 bridgehead atoms. The Morgan fingerprint density at radius 3 is 2.26 bits per heavy atom. The molecule has 2 nitrogen and oxygen atoms in total. The quantitative estimate of drug-likeness (QED) is 0.510. The minimum absolute atomic E-state index is 0.320. The van der Waals surface area contributed by atoms with Gasteiger partial charge in [0, 0.05) is 18.5 Å². The van der Waals surface area contributed by atoms with Crippen molar-refractivity contribution in [1.82, 2.24) is 4.98 Å². The first kappa shape index (κ1) is 20.8. The summed E-state index contributed by atoms with van der Waals surface area (Å²) in [5, 5.41) is 0.320. The molecule has 0 aliphatic heterocycles. The Hall–Kier alpha value is -0.933. The lowest BCUT2D eigenvalue weighted by Gasteiger charge is -2.47. The zero-order valence-corrected chi connectivity index (χ0v) is 19.1. The summed E-state index contributed by atoms with van der Waals surface area (Å²) in [6, 6.07) is 4.15. The highest BCUT2D eigenvalue weighted by Gasteiger charge is 2.43. The fraction of sp³-hybridized carbons (Fsp3) is 0.708. The van der Waals surface area contributed by atoms with E-state index in [1.54, 1.807) is 0 Å². The van der Waals surface area contributed by atoms with Crippen LogP contribution in [0.1, 0.15) is 77.7 Å². The Morgan fingerprint density at radius 1 is 1.07 bits per heavy atom. The molecule has 1 heterocycles. The van der Waals surface area contributed by atoms with Crippen LogP contribution in [0.25, 0.3) is 6.08 Å². The van der Waals surface area contributed by atoms with Gasteiger partial charge in [-0.1, -0.05) is 39.0 Å². The topological polar surface area (TPSA) is 22.1 Å². The predicted molar refractivity (Wildman–Crippen MR) is 118 cm³/mol. The van der Waals surface area contributed by atoms with Crippen LogP contribution in [0.4, 0.5) is 0 Å². The fourth-order valence-corrected chi connectivity index (χ4v) is 6.00. The molecule has 0 atom stereocenters. The lowest BCUT2D eigenvalue weighted by atomic mass is 9.63. The normalized spacial score (nSPS) is 30.1. The van der Waals surface area contributed by atoms with Gasteiger partial charge >= 0.3 is 0 Å². The maximum Gasteiger partial charge on any atom is 0.192 e. The monoisotopic (exact) mass is 385 g/mol. The van der Waals surface area contributed by atoms with Gasteiger partial charge in [-0.05, 0) is 92.5 Å². The molecule has 1 aromatic rings. The molecule has 0 aromatic carbocycles. The zero-order valence-electron chi connectivity index (χ0n) is 18.1. The molecule has 2 saturated carbocycles. The number of hydrogen-bond donors (Lipinski definition) is 0. The third kappa shape index (κ3) is 5.32. The van der Waals surface area contributed by atoms with E-state index in [2.05, 4.69) is 57.1 Å². The van der Waals surface area contributed by atoms with E-state index >= 15 is 0 Å². The van der Waals surface area contributed by atoms with Crippen molar-refractivity contribution in [3.8, 4) is 0 Å². The molecule has 27 heavy (non-hydrogen) atoms. The summed E-state index contributed by atoms with van der Waals surface area (Å²) in [5.74, 6) is 0.747. The van der Waals surface area contributed by atoms with Gasteiger partial charge in [0.15, 0.2) is 8.32 Å². The van der Waals surface area contributed by atoms with Crippen LogP contribution in [-0.2, 0) is 4.43 Å². The van der Waals surface area contributed by atoms with E-state index in [-0.39, 0.29) is 0 Å². The van der Waals surface area contributed by atoms with E-state index in [4.69, 9.17) is 4.43 Å². The van der Waals surface area contributed by atoms with Crippen molar-refractivity contribution in [3.05, 3.63) is 36.2 Å². The van der Waals surface area contributed by atoms with Gasteiger partial charge < -0.3 is 4.43 Å². The summed E-state index contributed by atoms with van der Waals surface area (Å²) in [6.45, 7) is 11.9. The second kappa shape index (κ2) is 8.20. The average Bonchev–Trinajstić information content (AvgIpc) is 2.63. The average molecular weight is 386 g/mol. The van der Waals surface area contributed by atoms with Gasteiger partial charge in [0.2, 0.25) is 0 Å². The van der Waals surface area contributed by atoms with Crippen LogP contribution in [-0.4, -0.2) is 19.4 Å². The molecule has 2 aliphatic carbocycles. The fourth-order valence-electron chi connectivity index (χ4n) is 4.58. The molecular formula is C24H39NOSi. The summed E-state index contributed by atoms with van der Waals surface area (Å²) in [6.07, 6.45) is 19.8. The van der Waals surface area contributed by atoms with Crippen molar-refractivity contribution < 1.29 is 4.43 Å². The largest absolute Gasteiger partial charge is 0.414 e. The number of pyridine rings is 1. The highest BCUT2D eigenvalue weighted by atomic mass is 28.4. The van der Waals surface area contributed by atoms with Crippen molar-refractivity contribution in [2.24, 2.45) is 11.3 Å². The molecule has 1 spiro atoms. The molecule has 0 saturated heterocycles. The van der Waals surface area contributed by atoms with E-state index in [0.29, 0.717) is 16.6 Å². The smallest absolute Gasteiger partial charge is 0.192 e. The predicted octanol–water partition coefficient (Wildman–Crippen LogP) is 7.24. The molecule has 2 fully saturated rings. The van der Waals surface area contributed by atoms with E-state index in [1.807, 2.05) is 18.5 Å². The van der Waals surface area contributed by atoms with Crippen molar-refractivity contribution in [3.63, 3.8) is 0 Å². The first-order valence-electron chi connectivity index (χ1n) is 11.0. The number of rotatable bonds is 4. The molecule has 0 unspecified atom stereocenters. The van der Waals surface area contributed by atoms with Crippen molar-refractivity contribution in [2.45, 2.75) is 96.4 Å². The number of allylic oxidation sites excluding steroid dienone is 1. The summed E-state index contributed by atoms with van der Waals surface area (Å²) in [7, 11) is -1.62. The van der Waals surface area contributed by atoms with Crippen LogP contribution in [0, 0.1) is 11.3 Å². The number of nitrogens with zero attached hydrogens (tertiary/aromatic N) is 1. The van der Waals surface area contributed by atoms with E-state index < -0.39 is 8.32 Å². The Bertz CT molecular complexity index is 614. The molecule has 0 amide bonds. The van der Waals surface area contributed by atoms with E-state index in [9.17, 15) is 0 Å². The Balaban J connectivity index is 1.47. The SMILES string of the molecule is CC(C)(C)[Si](C)(C)OC1CCC2(CCC(/C=C/c3cccnc3)CC2)CC1. The van der Waals surface area contributed by atoms with Crippen LogP contribution in [0.5, 0.6) is 0 Å². The van der Waals surface area contributed by atoms with Crippen LogP contribution >= 0.6 is 0 Å². The number of hydrogen-bond acceptors (Lipinski definition) is 2. The lowest BCUT2D eigenvalue weighted by Crippen LogP contribution is -2.45. The molecule has 3 heteroatoms. The summed E-state index contributed by atoms with van der Waals surface area (Å²) >= 11 is 0. The Labute approximate surface area is 168 Å². The van der Waals surface area contributed by atoms with E-state index in [0.717, 1.165) is 5.92 Å². The summed E-state index contributed by atoms with van der Waals surface area (Å²) in [4.78, 5) is 4.20. The van der Waals surface area contributed by atoms with Crippen LogP contribution in [0.3, 0.4) is 0 Å².